The molecule has 66 valence electrons. The molecular weight excluding hydrogens is 148 g/mol. The summed E-state index contributed by atoms with van der Waals surface area (Å²) in [6.07, 6.45) is 9.29. The third-order valence-electron chi connectivity index (χ3n) is 2.98. The second-order valence-electron chi connectivity index (χ2n) is 3.87. The predicted molar refractivity (Wildman–Crippen MR) is 49.9 cm³/mol. The Morgan fingerprint density at radius 3 is 2.92 bits per heavy atom. The molecule has 1 saturated carbocycles. The quantitative estimate of drug-likeness (QED) is 0.458. The van der Waals surface area contributed by atoms with Crippen molar-refractivity contribution < 1.29 is 4.74 Å². The van der Waals surface area contributed by atoms with E-state index in [4.69, 9.17) is 4.74 Å². The summed E-state index contributed by atoms with van der Waals surface area (Å²) in [5, 5.41) is 0. The monoisotopic (exact) mass is 164 g/mol. The van der Waals surface area contributed by atoms with Crippen molar-refractivity contribution in [2.75, 3.05) is 13.2 Å². The SMILES string of the molecule is C=CCOCC1CC2C=CC1C2. The van der Waals surface area contributed by atoms with Crippen molar-refractivity contribution in [3.63, 3.8) is 0 Å². The maximum Gasteiger partial charge on any atom is 0.0644 e. The molecule has 0 saturated heterocycles. The Morgan fingerprint density at radius 2 is 2.33 bits per heavy atom. The van der Waals surface area contributed by atoms with Crippen LogP contribution in [0.25, 0.3) is 0 Å². The second-order valence-corrected chi connectivity index (χ2v) is 3.87. The van der Waals surface area contributed by atoms with Gasteiger partial charge in [0.05, 0.1) is 13.2 Å². The molecule has 0 spiro atoms. The Bertz CT molecular complexity index is 195. The molecule has 0 aromatic rings. The van der Waals surface area contributed by atoms with Crippen molar-refractivity contribution in [3.8, 4) is 0 Å². The van der Waals surface area contributed by atoms with E-state index in [-0.39, 0.29) is 0 Å². The summed E-state index contributed by atoms with van der Waals surface area (Å²) in [6, 6.07) is 0. The van der Waals surface area contributed by atoms with Gasteiger partial charge in [-0.3, -0.25) is 0 Å². The van der Waals surface area contributed by atoms with Gasteiger partial charge in [-0.2, -0.15) is 0 Å². The van der Waals surface area contributed by atoms with E-state index in [0.717, 1.165) is 24.4 Å². The minimum atomic E-state index is 0.706. The summed E-state index contributed by atoms with van der Waals surface area (Å²) in [5.41, 5.74) is 0. The first kappa shape index (κ1) is 8.06. The third kappa shape index (κ3) is 1.46. The zero-order valence-corrected chi connectivity index (χ0v) is 7.41. The van der Waals surface area contributed by atoms with Gasteiger partial charge in [-0.05, 0) is 30.6 Å². The molecule has 3 unspecified atom stereocenters. The standard InChI is InChI=1S/C11H16O/c1-2-5-12-8-11-7-9-3-4-10(11)6-9/h2-4,9-11H,1,5-8H2. The number of rotatable bonds is 4. The Labute approximate surface area is 74.1 Å². The van der Waals surface area contributed by atoms with Gasteiger partial charge in [0.1, 0.15) is 0 Å². The fraction of sp³-hybridized carbons (Fsp3) is 0.636. The van der Waals surface area contributed by atoms with Crippen molar-refractivity contribution in [1.29, 1.82) is 0 Å². The Hall–Kier alpha value is -0.560. The first-order valence-electron chi connectivity index (χ1n) is 4.77. The highest BCUT2D eigenvalue weighted by Gasteiger charge is 2.35. The Balaban J connectivity index is 1.76. The molecule has 0 heterocycles. The summed E-state index contributed by atoms with van der Waals surface area (Å²) in [7, 11) is 0. The molecule has 0 aromatic heterocycles. The molecule has 0 amide bonds. The van der Waals surface area contributed by atoms with Gasteiger partial charge in [0.15, 0.2) is 0 Å². The summed E-state index contributed by atoms with van der Waals surface area (Å²) < 4.78 is 5.47. The van der Waals surface area contributed by atoms with Gasteiger partial charge in [0.2, 0.25) is 0 Å². The smallest absolute Gasteiger partial charge is 0.0644 e. The molecular formula is C11H16O. The van der Waals surface area contributed by atoms with Crippen molar-refractivity contribution >= 4 is 0 Å². The van der Waals surface area contributed by atoms with Crippen molar-refractivity contribution in [1.82, 2.24) is 0 Å². The van der Waals surface area contributed by atoms with E-state index in [9.17, 15) is 0 Å². The molecule has 3 atom stereocenters. The fourth-order valence-corrected chi connectivity index (χ4v) is 2.39. The molecule has 1 fully saturated rings. The average Bonchev–Trinajstić information content (AvgIpc) is 2.65. The molecule has 2 bridgehead atoms. The molecule has 0 N–H and O–H groups in total. The number of fused-ring (bicyclic) bond motifs is 2. The largest absolute Gasteiger partial charge is 0.377 e. The summed E-state index contributed by atoms with van der Waals surface area (Å²) in [4.78, 5) is 0. The van der Waals surface area contributed by atoms with E-state index >= 15 is 0 Å². The minimum absolute atomic E-state index is 0.706. The minimum Gasteiger partial charge on any atom is -0.377 e. The second kappa shape index (κ2) is 3.44. The fourth-order valence-electron chi connectivity index (χ4n) is 2.39. The molecule has 2 aliphatic carbocycles. The number of hydrogen-bond acceptors (Lipinski definition) is 1. The van der Waals surface area contributed by atoms with E-state index in [1.54, 1.807) is 0 Å². The molecule has 12 heavy (non-hydrogen) atoms. The van der Waals surface area contributed by atoms with Crippen LogP contribution in [0, 0.1) is 17.8 Å². The zero-order valence-electron chi connectivity index (χ0n) is 7.41. The van der Waals surface area contributed by atoms with Crippen LogP contribution in [0.5, 0.6) is 0 Å². The van der Waals surface area contributed by atoms with Crippen LogP contribution in [0.1, 0.15) is 12.8 Å². The maximum absolute atomic E-state index is 5.47. The lowest BCUT2D eigenvalue weighted by atomic mass is 9.95. The van der Waals surface area contributed by atoms with Crippen LogP contribution < -0.4 is 0 Å². The molecule has 1 nitrogen and oxygen atoms in total. The average molecular weight is 164 g/mol. The lowest BCUT2D eigenvalue weighted by molar-refractivity contribution is 0.113. The number of ether oxygens (including phenoxy) is 1. The molecule has 1 heteroatoms. The van der Waals surface area contributed by atoms with Gasteiger partial charge in [-0.15, -0.1) is 6.58 Å². The lowest BCUT2D eigenvalue weighted by Crippen LogP contribution is -2.14. The van der Waals surface area contributed by atoms with E-state index in [0.29, 0.717) is 6.61 Å². The van der Waals surface area contributed by atoms with Gasteiger partial charge >= 0.3 is 0 Å². The molecule has 0 radical (unpaired) electrons. The Morgan fingerprint density at radius 1 is 1.42 bits per heavy atom. The van der Waals surface area contributed by atoms with Crippen LogP contribution in [0.4, 0.5) is 0 Å². The van der Waals surface area contributed by atoms with Crippen molar-refractivity contribution in [3.05, 3.63) is 24.8 Å². The topological polar surface area (TPSA) is 9.23 Å². The van der Waals surface area contributed by atoms with Gasteiger partial charge in [-0.25, -0.2) is 0 Å². The number of allylic oxidation sites excluding steroid dienone is 2. The van der Waals surface area contributed by atoms with Crippen LogP contribution >= 0.6 is 0 Å². The van der Waals surface area contributed by atoms with E-state index in [1.165, 1.54) is 12.8 Å². The van der Waals surface area contributed by atoms with Gasteiger partial charge < -0.3 is 4.74 Å². The van der Waals surface area contributed by atoms with Crippen LogP contribution in [0.3, 0.4) is 0 Å². The van der Waals surface area contributed by atoms with Gasteiger partial charge in [0.25, 0.3) is 0 Å². The van der Waals surface area contributed by atoms with Crippen molar-refractivity contribution in [2.45, 2.75) is 12.8 Å². The van der Waals surface area contributed by atoms with E-state index < -0.39 is 0 Å². The highest BCUT2D eigenvalue weighted by Crippen LogP contribution is 2.43. The van der Waals surface area contributed by atoms with Crippen LogP contribution in [0.2, 0.25) is 0 Å². The normalized spacial score (nSPS) is 37.5. The Kier molecular flexibility index (Phi) is 2.31. The van der Waals surface area contributed by atoms with Crippen LogP contribution in [-0.4, -0.2) is 13.2 Å². The van der Waals surface area contributed by atoms with Gasteiger partial charge in [0, 0.05) is 0 Å². The highest BCUT2D eigenvalue weighted by molar-refractivity contribution is 5.09. The van der Waals surface area contributed by atoms with Crippen LogP contribution in [0.15, 0.2) is 24.8 Å². The van der Waals surface area contributed by atoms with Gasteiger partial charge in [-0.1, -0.05) is 18.2 Å². The summed E-state index contributed by atoms with van der Waals surface area (Å²) in [5.74, 6) is 2.48. The number of hydrogen-bond donors (Lipinski definition) is 0. The summed E-state index contributed by atoms with van der Waals surface area (Å²) >= 11 is 0. The van der Waals surface area contributed by atoms with Crippen molar-refractivity contribution in [2.24, 2.45) is 17.8 Å². The van der Waals surface area contributed by atoms with E-state index in [2.05, 4.69) is 18.7 Å². The maximum atomic E-state index is 5.47. The molecule has 2 rings (SSSR count). The first-order chi connectivity index (χ1) is 5.90. The first-order valence-corrected chi connectivity index (χ1v) is 4.77. The molecule has 2 aliphatic rings. The van der Waals surface area contributed by atoms with E-state index in [1.807, 2.05) is 6.08 Å². The molecule has 0 aromatic carbocycles. The third-order valence-corrected chi connectivity index (χ3v) is 2.98. The lowest BCUT2D eigenvalue weighted by Gasteiger charge is -2.17. The zero-order chi connectivity index (χ0) is 8.39. The molecule has 0 aliphatic heterocycles. The summed E-state index contributed by atoms with van der Waals surface area (Å²) in [6.45, 7) is 5.27. The highest BCUT2D eigenvalue weighted by atomic mass is 16.5. The predicted octanol–water partition coefficient (Wildman–Crippen LogP) is 2.40. The van der Waals surface area contributed by atoms with Crippen LogP contribution in [-0.2, 0) is 4.74 Å².